The summed E-state index contributed by atoms with van der Waals surface area (Å²) >= 11 is 6.03. The minimum atomic E-state index is -0.679. The van der Waals surface area contributed by atoms with Gasteiger partial charge in [0.15, 0.2) is 0 Å². The number of halogens is 1. The Morgan fingerprint density at radius 3 is 2.86 bits per heavy atom. The molecule has 36 heavy (non-hydrogen) atoms. The van der Waals surface area contributed by atoms with Crippen LogP contribution in [0.2, 0.25) is 5.02 Å². The number of aliphatic hydroxyl groups is 1. The van der Waals surface area contributed by atoms with Crippen molar-refractivity contribution in [2.75, 3.05) is 6.61 Å². The van der Waals surface area contributed by atoms with Crippen LogP contribution >= 0.6 is 11.6 Å². The van der Waals surface area contributed by atoms with Gasteiger partial charge in [-0.3, -0.25) is 14.3 Å². The predicted molar refractivity (Wildman–Crippen MR) is 129 cm³/mol. The zero-order valence-corrected chi connectivity index (χ0v) is 19.9. The highest BCUT2D eigenvalue weighted by Crippen LogP contribution is 2.35. The van der Waals surface area contributed by atoms with Gasteiger partial charge in [0.2, 0.25) is 0 Å². The fraction of sp³-hybridized carbons (Fsp3) is 0.348. The number of nitrogens with zero attached hydrogens (tertiary/aromatic N) is 4. The number of nitrogens with one attached hydrogen (secondary N) is 2. The molecule has 0 spiro atoms. The molecule has 0 saturated carbocycles. The quantitative estimate of drug-likeness (QED) is 0.306. The Morgan fingerprint density at radius 1 is 1.22 bits per heavy atom. The molecule has 3 aromatic heterocycles. The molecule has 4 aromatic rings. The van der Waals surface area contributed by atoms with Crippen LogP contribution in [0.25, 0.3) is 11.0 Å². The lowest BCUT2D eigenvalue weighted by molar-refractivity contribution is -0.0323. The van der Waals surface area contributed by atoms with Gasteiger partial charge < -0.3 is 19.6 Å². The molecule has 13 heteroatoms. The molecule has 0 amide bonds. The molecular formula is C23H23ClN6O6. The number of H-pyrrole nitrogens is 1. The van der Waals surface area contributed by atoms with Gasteiger partial charge in [0.05, 0.1) is 30.1 Å². The second-order valence-electron chi connectivity index (χ2n) is 8.63. The minimum Gasteiger partial charge on any atom is -0.422 e. The van der Waals surface area contributed by atoms with Crippen molar-refractivity contribution in [3.63, 3.8) is 0 Å². The van der Waals surface area contributed by atoms with E-state index in [-0.39, 0.29) is 19.2 Å². The summed E-state index contributed by atoms with van der Waals surface area (Å²) in [5.74, 6) is 0. The highest BCUT2D eigenvalue weighted by atomic mass is 35.5. The number of aryl methyl sites for hydroxylation is 1. The third-order valence-electron chi connectivity index (χ3n) is 6.13. The topological polar surface area (TPSA) is 157 Å². The zero-order chi connectivity index (χ0) is 25.4. The smallest absolute Gasteiger partial charge is 0.340 e. The first-order chi connectivity index (χ1) is 17.3. The maximum Gasteiger partial charge on any atom is 0.340 e. The molecule has 1 aliphatic heterocycles. The Balaban J connectivity index is 1.26. The van der Waals surface area contributed by atoms with Crippen LogP contribution in [0.5, 0.6) is 0 Å². The van der Waals surface area contributed by atoms with Gasteiger partial charge in [-0.15, -0.1) is 5.10 Å². The van der Waals surface area contributed by atoms with Crippen molar-refractivity contribution in [1.82, 2.24) is 29.9 Å². The standard InChI is InChI=1S/C23H23ClN6O6/c1-12-9-29(23(34)26-21(12)32)20-6-17(19(11-31)35-20)30-10-16(27-28-30)8-25-7-14-4-13-5-15(24)2-3-18(13)36-22(14)33/h2-5,9-10,17,19-20,25,31H,6-8,11H2,1H3,(H,26,32,34)/t17-,19+,20+/m0/s1. The van der Waals surface area contributed by atoms with Crippen molar-refractivity contribution in [2.45, 2.75) is 44.8 Å². The second kappa shape index (κ2) is 9.82. The first kappa shape index (κ1) is 24.1. The van der Waals surface area contributed by atoms with Crippen molar-refractivity contribution in [3.8, 4) is 0 Å². The Hall–Kier alpha value is -3.58. The lowest BCUT2D eigenvalue weighted by Gasteiger charge is -2.15. The highest BCUT2D eigenvalue weighted by Gasteiger charge is 2.38. The molecule has 0 bridgehead atoms. The van der Waals surface area contributed by atoms with E-state index in [1.54, 1.807) is 42.1 Å². The van der Waals surface area contributed by atoms with Gasteiger partial charge in [0.1, 0.15) is 17.9 Å². The number of aliphatic hydroxyl groups excluding tert-OH is 1. The summed E-state index contributed by atoms with van der Waals surface area (Å²) in [6.07, 6.45) is 2.20. The molecule has 1 aromatic carbocycles. The Labute approximate surface area is 208 Å². The molecule has 12 nitrogen and oxygen atoms in total. The van der Waals surface area contributed by atoms with Crippen LogP contribution in [0.1, 0.15) is 35.5 Å². The number of benzene rings is 1. The summed E-state index contributed by atoms with van der Waals surface area (Å²) in [7, 11) is 0. The monoisotopic (exact) mass is 514 g/mol. The highest BCUT2D eigenvalue weighted by molar-refractivity contribution is 6.31. The normalized spacial score (nSPS) is 19.8. The number of hydrogen-bond donors (Lipinski definition) is 3. The van der Waals surface area contributed by atoms with Gasteiger partial charge in [-0.25, -0.2) is 14.3 Å². The Kier molecular flexibility index (Phi) is 6.58. The molecule has 0 aliphatic carbocycles. The third kappa shape index (κ3) is 4.75. The Morgan fingerprint density at radius 2 is 2.06 bits per heavy atom. The van der Waals surface area contributed by atoms with Crippen LogP contribution in [0.4, 0.5) is 0 Å². The van der Waals surface area contributed by atoms with Gasteiger partial charge in [0.25, 0.3) is 5.56 Å². The fourth-order valence-corrected chi connectivity index (χ4v) is 4.45. The summed E-state index contributed by atoms with van der Waals surface area (Å²) in [6.45, 7) is 1.89. The van der Waals surface area contributed by atoms with E-state index >= 15 is 0 Å². The molecule has 1 aliphatic rings. The molecule has 1 saturated heterocycles. The fourth-order valence-electron chi connectivity index (χ4n) is 4.27. The van der Waals surface area contributed by atoms with Crippen molar-refractivity contribution in [2.24, 2.45) is 0 Å². The maximum atomic E-state index is 12.3. The molecule has 0 unspecified atom stereocenters. The lowest BCUT2D eigenvalue weighted by atomic mass is 10.1. The number of fused-ring (bicyclic) bond motifs is 1. The minimum absolute atomic E-state index is 0.250. The molecule has 188 valence electrons. The van der Waals surface area contributed by atoms with E-state index in [1.807, 2.05) is 0 Å². The molecular weight excluding hydrogens is 492 g/mol. The molecule has 3 N–H and O–H groups in total. The lowest BCUT2D eigenvalue weighted by Crippen LogP contribution is -2.33. The summed E-state index contributed by atoms with van der Waals surface area (Å²) in [5.41, 5.74) is 0.422. The van der Waals surface area contributed by atoms with Crippen molar-refractivity contribution in [1.29, 1.82) is 0 Å². The van der Waals surface area contributed by atoms with Gasteiger partial charge in [-0.05, 0) is 31.2 Å². The SMILES string of the molecule is Cc1cn([C@H]2C[C@H](n3cc(CNCc4cc5cc(Cl)ccc5oc4=O)nn3)[C@@H](CO)O2)c(=O)[nH]c1=O. The van der Waals surface area contributed by atoms with E-state index in [9.17, 15) is 19.5 Å². The number of aromatic amines is 1. The van der Waals surface area contributed by atoms with Crippen LogP contribution < -0.4 is 22.2 Å². The zero-order valence-electron chi connectivity index (χ0n) is 19.2. The summed E-state index contributed by atoms with van der Waals surface area (Å²) < 4.78 is 14.1. The van der Waals surface area contributed by atoms with Gasteiger partial charge in [0, 0.05) is 41.7 Å². The van der Waals surface area contributed by atoms with Crippen LogP contribution in [-0.2, 0) is 17.8 Å². The largest absolute Gasteiger partial charge is 0.422 e. The van der Waals surface area contributed by atoms with E-state index in [1.165, 1.54) is 10.8 Å². The van der Waals surface area contributed by atoms with E-state index in [4.69, 9.17) is 20.8 Å². The average molecular weight is 515 g/mol. The summed E-state index contributed by atoms with van der Waals surface area (Å²) in [5, 5.41) is 22.6. The number of rotatable bonds is 7. The van der Waals surface area contributed by atoms with E-state index in [0.29, 0.717) is 40.4 Å². The molecule has 0 radical (unpaired) electrons. The van der Waals surface area contributed by atoms with Gasteiger partial charge in [-0.2, -0.15) is 0 Å². The third-order valence-corrected chi connectivity index (χ3v) is 6.36. The van der Waals surface area contributed by atoms with E-state index < -0.39 is 29.2 Å². The summed E-state index contributed by atoms with van der Waals surface area (Å²) in [4.78, 5) is 38.5. The van der Waals surface area contributed by atoms with Crippen LogP contribution in [0.15, 0.2) is 55.5 Å². The van der Waals surface area contributed by atoms with Gasteiger partial charge >= 0.3 is 11.3 Å². The number of hydrogen-bond acceptors (Lipinski definition) is 9. The molecule has 3 atom stereocenters. The molecule has 1 fully saturated rings. The molecule has 4 heterocycles. The first-order valence-corrected chi connectivity index (χ1v) is 11.6. The van der Waals surface area contributed by atoms with Crippen LogP contribution in [-0.4, -0.2) is 42.4 Å². The van der Waals surface area contributed by atoms with Crippen molar-refractivity contribution >= 4 is 22.6 Å². The van der Waals surface area contributed by atoms with Crippen LogP contribution in [0.3, 0.4) is 0 Å². The molecule has 5 rings (SSSR count). The summed E-state index contributed by atoms with van der Waals surface area (Å²) in [6, 6.07) is 6.40. The average Bonchev–Trinajstić information content (AvgIpc) is 3.49. The number of aromatic nitrogens is 5. The Bertz CT molecular complexity index is 1590. The van der Waals surface area contributed by atoms with Crippen molar-refractivity contribution < 1.29 is 14.3 Å². The van der Waals surface area contributed by atoms with E-state index in [2.05, 4.69) is 20.6 Å². The van der Waals surface area contributed by atoms with Crippen molar-refractivity contribution in [3.05, 3.63) is 89.8 Å². The first-order valence-electron chi connectivity index (χ1n) is 11.2. The van der Waals surface area contributed by atoms with E-state index in [0.717, 1.165) is 5.39 Å². The predicted octanol–water partition coefficient (Wildman–Crippen LogP) is 1.01. The van der Waals surface area contributed by atoms with Crippen LogP contribution in [0, 0.1) is 6.92 Å². The second-order valence-corrected chi connectivity index (χ2v) is 9.06. The maximum absolute atomic E-state index is 12.3. The number of ether oxygens (including phenoxy) is 1. The van der Waals surface area contributed by atoms with Gasteiger partial charge in [-0.1, -0.05) is 16.8 Å².